The fourth-order valence-corrected chi connectivity index (χ4v) is 6.28. The highest BCUT2D eigenvalue weighted by molar-refractivity contribution is 14.1. The van der Waals surface area contributed by atoms with Crippen molar-refractivity contribution in [3.63, 3.8) is 0 Å². The molecule has 0 radical (unpaired) electrons. The summed E-state index contributed by atoms with van der Waals surface area (Å²) in [5.74, 6) is 0.523. The van der Waals surface area contributed by atoms with Crippen LogP contribution in [0, 0.1) is 20.6 Å². The van der Waals surface area contributed by atoms with Crippen LogP contribution in [0.2, 0.25) is 0 Å². The zero-order valence-electron chi connectivity index (χ0n) is 21.9. The summed E-state index contributed by atoms with van der Waals surface area (Å²) in [5.41, 5.74) is 1.65. The molecule has 0 N–H and O–H groups in total. The highest BCUT2D eigenvalue weighted by Crippen LogP contribution is 2.35. The maximum atomic E-state index is 13.9. The van der Waals surface area contributed by atoms with E-state index in [9.17, 15) is 19.7 Å². The van der Waals surface area contributed by atoms with Gasteiger partial charge in [-0.3, -0.25) is 19.5 Å². The van der Waals surface area contributed by atoms with E-state index < -0.39 is 16.9 Å². The predicted molar refractivity (Wildman–Crippen MR) is 155 cm³/mol. The van der Waals surface area contributed by atoms with Gasteiger partial charge in [-0.2, -0.15) is 0 Å². The molecule has 0 bridgehead atoms. The number of carbonyl (C=O) groups excluding carboxylic acids is 1. The minimum atomic E-state index is -0.947. The molecule has 1 atom stereocenters. The number of hydrogen-bond donors (Lipinski definition) is 0. The van der Waals surface area contributed by atoms with Crippen LogP contribution in [0.15, 0.2) is 51.4 Å². The Labute approximate surface area is 241 Å². The molecule has 0 amide bonds. The molecule has 39 heavy (non-hydrogen) atoms. The van der Waals surface area contributed by atoms with Gasteiger partial charge in [-0.15, -0.1) is 0 Å². The molecule has 0 saturated carbocycles. The smallest absolute Gasteiger partial charge is 0.338 e. The number of nitro groups is 1. The van der Waals surface area contributed by atoms with Crippen molar-refractivity contribution in [1.29, 1.82) is 0 Å². The largest absolute Gasteiger partial charge is 0.492 e. The van der Waals surface area contributed by atoms with Crippen LogP contribution < -0.4 is 24.4 Å². The second-order valence-corrected chi connectivity index (χ2v) is 10.7. The van der Waals surface area contributed by atoms with Crippen molar-refractivity contribution in [2.24, 2.45) is 4.99 Å². The molecule has 12 heteroatoms. The lowest BCUT2D eigenvalue weighted by atomic mass is 9.94. The van der Waals surface area contributed by atoms with E-state index in [1.165, 1.54) is 22.0 Å². The zero-order valence-corrected chi connectivity index (χ0v) is 24.9. The standard InChI is InChI=1S/C27H26IN3O7S/c1-6-37-20-11-16(10-18(28)24(20)36-5)12-21-25(32)30-23(17-9-8-14(3)19(13-17)31(34)35)22(26(33)38-7-2)15(4)29-27(30)39-21/h8-13,23H,6-7H2,1-5H3/b21-12+/t23-/m1/s1. The fourth-order valence-electron chi connectivity index (χ4n) is 4.38. The third kappa shape index (κ3) is 5.48. The fraction of sp³-hybridized carbons (Fsp3) is 0.296. The number of hydrogen-bond acceptors (Lipinski definition) is 9. The molecule has 2 heterocycles. The topological polar surface area (TPSA) is 122 Å². The number of benzene rings is 2. The molecule has 10 nitrogen and oxygen atoms in total. The molecule has 1 aromatic heterocycles. The number of carbonyl (C=O) groups is 1. The molecular formula is C27H26IN3O7S. The summed E-state index contributed by atoms with van der Waals surface area (Å²) in [5, 5.41) is 11.7. The van der Waals surface area contributed by atoms with Crippen LogP contribution in [-0.4, -0.2) is 35.8 Å². The minimum Gasteiger partial charge on any atom is -0.492 e. The lowest BCUT2D eigenvalue weighted by Gasteiger charge is -2.24. The Bertz CT molecular complexity index is 1690. The molecule has 4 rings (SSSR count). The van der Waals surface area contributed by atoms with Gasteiger partial charge in [0.25, 0.3) is 11.2 Å². The predicted octanol–water partition coefficient (Wildman–Crippen LogP) is 4.03. The van der Waals surface area contributed by atoms with E-state index in [0.717, 1.165) is 9.13 Å². The van der Waals surface area contributed by atoms with Crippen LogP contribution in [0.1, 0.15) is 43.5 Å². The van der Waals surface area contributed by atoms with Gasteiger partial charge >= 0.3 is 5.97 Å². The maximum absolute atomic E-state index is 13.9. The van der Waals surface area contributed by atoms with Gasteiger partial charge in [-0.1, -0.05) is 23.5 Å². The summed E-state index contributed by atoms with van der Waals surface area (Å²) in [4.78, 5) is 43.1. The van der Waals surface area contributed by atoms with Crippen molar-refractivity contribution in [3.05, 3.63) is 91.7 Å². The number of nitrogens with zero attached hydrogens (tertiary/aromatic N) is 3. The van der Waals surface area contributed by atoms with E-state index in [-0.39, 0.29) is 23.4 Å². The van der Waals surface area contributed by atoms with Gasteiger partial charge in [0, 0.05) is 11.6 Å². The molecule has 0 aliphatic carbocycles. The van der Waals surface area contributed by atoms with Gasteiger partial charge in [-0.25, -0.2) is 9.79 Å². The Balaban J connectivity index is 1.97. The van der Waals surface area contributed by atoms with Crippen molar-refractivity contribution in [1.82, 2.24) is 4.57 Å². The monoisotopic (exact) mass is 663 g/mol. The Morgan fingerprint density at radius 1 is 1.23 bits per heavy atom. The number of ether oxygens (including phenoxy) is 3. The first-order valence-electron chi connectivity index (χ1n) is 12.1. The molecule has 1 aliphatic heterocycles. The van der Waals surface area contributed by atoms with Crippen molar-refractivity contribution >= 4 is 51.7 Å². The normalized spacial score (nSPS) is 15.0. The van der Waals surface area contributed by atoms with Gasteiger partial charge < -0.3 is 14.2 Å². The average molecular weight is 663 g/mol. The van der Waals surface area contributed by atoms with Crippen LogP contribution in [-0.2, 0) is 9.53 Å². The Morgan fingerprint density at radius 3 is 2.62 bits per heavy atom. The first-order chi connectivity index (χ1) is 18.6. The number of nitro benzene ring substituents is 1. The summed E-state index contributed by atoms with van der Waals surface area (Å²) in [7, 11) is 1.57. The summed E-state index contributed by atoms with van der Waals surface area (Å²) in [6.07, 6.45) is 1.73. The third-order valence-corrected chi connectivity index (χ3v) is 7.88. The first kappa shape index (κ1) is 28.5. The molecule has 0 spiro atoms. The quantitative estimate of drug-likeness (QED) is 0.155. The van der Waals surface area contributed by atoms with Gasteiger partial charge in [0.1, 0.15) is 0 Å². The highest BCUT2D eigenvalue weighted by Gasteiger charge is 2.34. The lowest BCUT2D eigenvalue weighted by molar-refractivity contribution is -0.385. The van der Waals surface area contributed by atoms with Crippen molar-refractivity contribution in [2.45, 2.75) is 33.7 Å². The maximum Gasteiger partial charge on any atom is 0.338 e. The van der Waals surface area contributed by atoms with Gasteiger partial charge in [0.05, 0.1) is 50.7 Å². The number of esters is 1. The summed E-state index contributed by atoms with van der Waals surface area (Å²) in [6.45, 7) is 7.42. The highest BCUT2D eigenvalue weighted by atomic mass is 127. The molecule has 0 unspecified atom stereocenters. The molecule has 1 aliphatic rings. The molecule has 3 aromatic rings. The molecule has 2 aromatic carbocycles. The van der Waals surface area contributed by atoms with Gasteiger partial charge in [0.15, 0.2) is 16.3 Å². The van der Waals surface area contributed by atoms with Crippen LogP contribution in [0.4, 0.5) is 5.69 Å². The number of fused-ring (bicyclic) bond motifs is 1. The number of allylic oxidation sites excluding steroid dienone is 1. The van der Waals surface area contributed by atoms with E-state index in [0.29, 0.717) is 44.3 Å². The lowest BCUT2D eigenvalue weighted by Crippen LogP contribution is -2.40. The zero-order chi connectivity index (χ0) is 28.4. The number of aryl methyl sites for hydroxylation is 1. The van der Waals surface area contributed by atoms with Crippen LogP contribution in [0.5, 0.6) is 11.5 Å². The Kier molecular flexibility index (Phi) is 8.54. The van der Waals surface area contributed by atoms with E-state index in [4.69, 9.17) is 14.2 Å². The van der Waals surface area contributed by atoms with E-state index in [2.05, 4.69) is 27.6 Å². The SMILES string of the molecule is CCOC(=O)C1=C(C)N=c2s/c(=C/c3cc(I)c(OC)c(OCC)c3)c(=O)n2[C@@H]1c1ccc(C)c([N+](=O)[O-])c1. The van der Waals surface area contributed by atoms with Gasteiger partial charge in [-0.05, 0) is 79.6 Å². The second kappa shape index (κ2) is 11.7. The van der Waals surface area contributed by atoms with Crippen LogP contribution in [0.3, 0.4) is 0 Å². The van der Waals surface area contributed by atoms with Gasteiger partial charge in [0.2, 0.25) is 0 Å². The molecule has 204 valence electrons. The van der Waals surface area contributed by atoms with Crippen LogP contribution >= 0.6 is 33.9 Å². The number of rotatable bonds is 8. The van der Waals surface area contributed by atoms with E-state index in [1.807, 2.05) is 13.0 Å². The molecule has 0 saturated heterocycles. The molecule has 0 fully saturated rings. The summed E-state index contributed by atoms with van der Waals surface area (Å²) in [6, 6.07) is 7.40. The Morgan fingerprint density at radius 2 is 1.97 bits per heavy atom. The van der Waals surface area contributed by atoms with E-state index >= 15 is 0 Å². The first-order valence-corrected chi connectivity index (χ1v) is 14.0. The summed E-state index contributed by atoms with van der Waals surface area (Å²) >= 11 is 3.31. The number of halogens is 1. The van der Waals surface area contributed by atoms with Crippen molar-refractivity contribution < 1.29 is 23.9 Å². The number of aromatic nitrogens is 1. The number of thiazole rings is 1. The Hall–Kier alpha value is -3.52. The molecular weight excluding hydrogens is 637 g/mol. The third-order valence-electron chi connectivity index (χ3n) is 6.10. The minimum absolute atomic E-state index is 0.108. The summed E-state index contributed by atoms with van der Waals surface area (Å²) < 4.78 is 19.1. The second-order valence-electron chi connectivity index (χ2n) is 8.57. The van der Waals surface area contributed by atoms with Crippen molar-refractivity contribution in [2.75, 3.05) is 20.3 Å². The average Bonchev–Trinajstić information content (AvgIpc) is 3.17. The van der Waals surface area contributed by atoms with Crippen molar-refractivity contribution in [3.8, 4) is 11.5 Å². The number of methoxy groups -OCH3 is 1. The van der Waals surface area contributed by atoms with Crippen LogP contribution in [0.25, 0.3) is 6.08 Å². The van der Waals surface area contributed by atoms with E-state index in [1.54, 1.807) is 52.2 Å².